The zero-order valence-corrected chi connectivity index (χ0v) is 11.3. The summed E-state index contributed by atoms with van der Waals surface area (Å²) in [6, 6.07) is 0.248. The largest absolute Gasteiger partial charge is 0.389 e. The van der Waals surface area contributed by atoms with Crippen molar-refractivity contribution in [2.45, 2.75) is 58.1 Å². The van der Waals surface area contributed by atoms with E-state index in [-0.39, 0.29) is 11.9 Å². The number of aliphatic hydroxyl groups is 1. The highest BCUT2D eigenvalue weighted by Gasteiger charge is 2.29. The fraction of sp³-hybridized carbons (Fsp3) is 0.923. The molecule has 1 fully saturated rings. The van der Waals surface area contributed by atoms with E-state index in [4.69, 9.17) is 0 Å². The van der Waals surface area contributed by atoms with Gasteiger partial charge in [0.1, 0.15) is 0 Å². The Kier molecular flexibility index (Phi) is 5.40. The first kappa shape index (κ1) is 14.5. The van der Waals surface area contributed by atoms with E-state index in [0.717, 1.165) is 32.2 Å². The molecule has 0 aromatic rings. The molecule has 2 unspecified atom stereocenters. The second-order valence-electron chi connectivity index (χ2n) is 5.57. The van der Waals surface area contributed by atoms with Crippen molar-refractivity contribution in [3.05, 3.63) is 0 Å². The van der Waals surface area contributed by atoms with E-state index in [1.165, 1.54) is 0 Å². The minimum Gasteiger partial charge on any atom is -0.389 e. The standard InChI is InChI=1S/C13H26N2O2/c1-4-6-11(2)14-12(16)9-15-8-5-7-13(3,17)10-15/h11,17H,4-10H2,1-3H3,(H,14,16). The van der Waals surface area contributed by atoms with Crippen LogP contribution in [-0.4, -0.2) is 47.2 Å². The number of carbonyl (C=O) groups excluding carboxylic acids is 1. The minimum atomic E-state index is -0.631. The van der Waals surface area contributed by atoms with Crippen LogP contribution >= 0.6 is 0 Å². The van der Waals surface area contributed by atoms with E-state index in [1.807, 2.05) is 18.7 Å². The number of rotatable bonds is 5. The third-order valence-electron chi connectivity index (χ3n) is 3.25. The molecule has 100 valence electrons. The molecular formula is C13H26N2O2. The second-order valence-corrected chi connectivity index (χ2v) is 5.57. The van der Waals surface area contributed by atoms with E-state index in [0.29, 0.717) is 13.1 Å². The summed E-state index contributed by atoms with van der Waals surface area (Å²) in [4.78, 5) is 13.8. The van der Waals surface area contributed by atoms with Crippen LogP contribution in [0, 0.1) is 0 Å². The molecule has 1 heterocycles. The summed E-state index contributed by atoms with van der Waals surface area (Å²) in [6.07, 6.45) is 3.89. The number of amides is 1. The Morgan fingerprint density at radius 2 is 2.29 bits per heavy atom. The fourth-order valence-corrected chi connectivity index (χ4v) is 2.49. The lowest BCUT2D eigenvalue weighted by molar-refractivity contribution is -0.124. The van der Waals surface area contributed by atoms with Gasteiger partial charge in [0.05, 0.1) is 12.1 Å². The van der Waals surface area contributed by atoms with Crippen molar-refractivity contribution < 1.29 is 9.90 Å². The van der Waals surface area contributed by atoms with Crippen LogP contribution in [0.25, 0.3) is 0 Å². The molecular weight excluding hydrogens is 216 g/mol. The van der Waals surface area contributed by atoms with Gasteiger partial charge in [0, 0.05) is 12.6 Å². The topological polar surface area (TPSA) is 52.6 Å². The summed E-state index contributed by atoms with van der Waals surface area (Å²) >= 11 is 0. The first-order valence-corrected chi connectivity index (χ1v) is 6.67. The highest BCUT2D eigenvalue weighted by molar-refractivity contribution is 5.78. The molecule has 0 bridgehead atoms. The minimum absolute atomic E-state index is 0.0728. The summed E-state index contributed by atoms with van der Waals surface area (Å²) in [5, 5.41) is 12.9. The predicted octanol–water partition coefficient (Wildman–Crippen LogP) is 1.14. The van der Waals surface area contributed by atoms with Gasteiger partial charge < -0.3 is 10.4 Å². The molecule has 1 aliphatic rings. The summed E-state index contributed by atoms with van der Waals surface area (Å²) < 4.78 is 0. The molecule has 0 spiro atoms. The molecule has 2 atom stereocenters. The molecule has 4 nitrogen and oxygen atoms in total. The molecule has 1 saturated heterocycles. The van der Waals surface area contributed by atoms with Crippen LogP contribution in [0.4, 0.5) is 0 Å². The lowest BCUT2D eigenvalue weighted by atomic mass is 9.95. The van der Waals surface area contributed by atoms with Gasteiger partial charge in [-0.15, -0.1) is 0 Å². The average molecular weight is 242 g/mol. The number of β-amino-alcohol motifs (C(OH)–C–C–N with tert-alkyl or cyclic N) is 1. The number of likely N-dealkylation sites (tertiary alicyclic amines) is 1. The van der Waals surface area contributed by atoms with Crippen LogP contribution in [0.2, 0.25) is 0 Å². The van der Waals surface area contributed by atoms with Crippen molar-refractivity contribution in [1.29, 1.82) is 0 Å². The smallest absolute Gasteiger partial charge is 0.234 e. The van der Waals surface area contributed by atoms with E-state index < -0.39 is 5.60 Å². The Morgan fingerprint density at radius 3 is 2.88 bits per heavy atom. The van der Waals surface area contributed by atoms with E-state index in [1.54, 1.807) is 0 Å². The van der Waals surface area contributed by atoms with Crippen LogP contribution in [0.1, 0.15) is 46.5 Å². The molecule has 1 rings (SSSR count). The number of hydrogen-bond donors (Lipinski definition) is 2. The Balaban J connectivity index is 2.31. The molecule has 0 aromatic carbocycles. The maximum atomic E-state index is 11.8. The van der Waals surface area contributed by atoms with Gasteiger partial charge in [0.25, 0.3) is 0 Å². The van der Waals surface area contributed by atoms with Crippen molar-refractivity contribution >= 4 is 5.91 Å². The van der Waals surface area contributed by atoms with Crippen molar-refractivity contribution in [2.75, 3.05) is 19.6 Å². The quantitative estimate of drug-likeness (QED) is 0.760. The van der Waals surface area contributed by atoms with Gasteiger partial charge in [-0.25, -0.2) is 0 Å². The number of carbonyl (C=O) groups is 1. The Hall–Kier alpha value is -0.610. The Bertz CT molecular complexity index is 254. The molecule has 0 aromatic heterocycles. The van der Waals surface area contributed by atoms with E-state index in [2.05, 4.69) is 12.2 Å². The molecule has 17 heavy (non-hydrogen) atoms. The Labute approximate surface area is 104 Å². The number of nitrogens with one attached hydrogen (secondary N) is 1. The average Bonchev–Trinajstić information content (AvgIpc) is 2.15. The fourth-order valence-electron chi connectivity index (χ4n) is 2.49. The predicted molar refractivity (Wildman–Crippen MR) is 68.8 cm³/mol. The third kappa shape index (κ3) is 5.50. The zero-order valence-electron chi connectivity index (χ0n) is 11.3. The molecule has 0 radical (unpaired) electrons. The van der Waals surface area contributed by atoms with E-state index in [9.17, 15) is 9.90 Å². The van der Waals surface area contributed by atoms with Gasteiger partial charge in [-0.2, -0.15) is 0 Å². The summed E-state index contributed by atoms with van der Waals surface area (Å²) in [5.41, 5.74) is -0.631. The summed E-state index contributed by atoms with van der Waals surface area (Å²) in [7, 11) is 0. The molecule has 1 amide bonds. The van der Waals surface area contributed by atoms with Gasteiger partial charge in [-0.3, -0.25) is 9.69 Å². The summed E-state index contributed by atoms with van der Waals surface area (Å²) in [5.74, 6) is 0.0728. The van der Waals surface area contributed by atoms with Gasteiger partial charge >= 0.3 is 0 Å². The van der Waals surface area contributed by atoms with Crippen LogP contribution in [0.5, 0.6) is 0 Å². The van der Waals surface area contributed by atoms with Crippen LogP contribution < -0.4 is 5.32 Å². The zero-order chi connectivity index (χ0) is 12.9. The van der Waals surface area contributed by atoms with Gasteiger partial charge in [0.2, 0.25) is 5.91 Å². The van der Waals surface area contributed by atoms with Crippen molar-refractivity contribution in [3.8, 4) is 0 Å². The van der Waals surface area contributed by atoms with Gasteiger partial charge in [0.15, 0.2) is 0 Å². The van der Waals surface area contributed by atoms with E-state index >= 15 is 0 Å². The molecule has 0 aliphatic carbocycles. The molecule has 0 saturated carbocycles. The SMILES string of the molecule is CCCC(C)NC(=O)CN1CCCC(C)(O)C1. The highest BCUT2D eigenvalue weighted by atomic mass is 16.3. The molecule has 2 N–H and O–H groups in total. The maximum absolute atomic E-state index is 11.8. The van der Waals surface area contributed by atoms with Crippen LogP contribution in [0.3, 0.4) is 0 Å². The first-order chi connectivity index (χ1) is 7.93. The number of hydrogen-bond acceptors (Lipinski definition) is 3. The normalized spacial score (nSPS) is 27.8. The van der Waals surface area contributed by atoms with Crippen LogP contribution in [-0.2, 0) is 4.79 Å². The highest BCUT2D eigenvalue weighted by Crippen LogP contribution is 2.19. The molecule has 1 aliphatic heterocycles. The van der Waals surface area contributed by atoms with Gasteiger partial charge in [-0.1, -0.05) is 13.3 Å². The lowest BCUT2D eigenvalue weighted by Gasteiger charge is -2.36. The number of nitrogens with zero attached hydrogens (tertiary/aromatic N) is 1. The number of piperidine rings is 1. The van der Waals surface area contributed by atoms with Crippen molar-refractivity contribution in [3.63, 3.8) is 0 Å². The van der Waals surface area contributed by atoms with Crippen LogP contribution in [0.15, 0.2) is 0 Å². The Morgan fingerprint density at radius 1 is 1.59 bits per heavy atom. The molecule has 4 heteroatoms. The maximum Gasteiger partial charge on any atom is 0.234 e. The second kappa shape index (κ2) is 6.36. The third-order valence-corrected chi connectivity index (χ3v) is 3.25. The summed E-state index contributed by atoms with van der Waals surface area (Å²) in [6.45, 7) is 7.91. The first-order valence-electron chi connectivity index (χ1n) is 6.67. The lowest BCUT2D eigenvalue weighted by Crippen LogP contribution is -2.50. The van der Waals surface area contributed by atoms with Gasteiger partial charge in [-0.05, 0) is 39.7 Å². The monoisotopic (exact) mass is 242 g/mol. The van der Waals surface area contributed by atoms with Crippen molar-refractivity contribution in [1.82, 2.24) is 10.2 Å². The van der Waals surface area contributed by atoms with Crippen molar-refractivity contribution in [2.24, 2.45) is 0 Å².